The zero-order chi connectivity index (χ0) is 31.2. The highest BCUT2D eigenvalue weighted by atomic mass is 16.3. The van der Waals surface area contributed by atoms with Gasteiger partial charge in [0, 0.05) is 34.3 Å². The number of nitrogens with zero attached hydrogens (tertiary/aromatic N) is 3. The third-order valence-corrected chi connectivity index (χ3v) is 8.87. The molecule has 1 aliphatic rings. The zero-order valence-corrected chi connectivity index (χ0v) is 25.3. The lowest BCUT2D eigenvalue weighted by atomic mass is 9.92. The molecule has 222 valence electrons. The molecule has 0 radical (unpaired) electrons. The van der Waals surface area contributed by atoms with Crippen LogP contribution < -0.4 is 5.32 Å². The molecule has 8 aromatic rings. The van der Waals surface area contributed by atoms with Crippen LogP contribution in [-0.2, 0) is 0 Å². The molecule has 0 saturated carbocycles. The summed E-state index contributed by atoms with van der Waals surface area (Å²) in [5.41, 5.74) is 9.41. The van der Waals surface area contributed by atoms with Gasteiger partial charge in [0.15, 0.2) is 5.84 Å². The molecule has 1 atom stereocenters. The number of aromatic nitrogens is 1. The van der Waals surface area contributed by atoms with Crippen LogP contribution in [0, 0.1) is 0 Å². The summed E-state index contributed by atoms with van der Waals surface area (Å²) < 4.78 is 6.12. The van der Waals surface area contributed by atoms with Crippen molar-refractivity contribution in [2.24, 2.45) is 9.98 Å². The lowest BCUT2D eigenvalue weighted by molar-refractivity contribution is 0.668. The van der Waals surface area contributed by atoms with Crippen LogP contribution in [0.5, 0.6) is 0 Å². The lowest BCUT2D eigenvalue weighted by Crippen LogP contribution is -2.33. The molecular weight excluding hydrogens is 576 g/mol. The van der Waals surface area contributed by atoms with Gasteiger partial charge in [-0.3, -0.25) is 4.98 Å². The van der Waals surface area contributed by atoms with Crippen LogP contribution in [-0.4, -0.2) is 16.7 Å². The Morgan fingerprint density at radius 3 is 1.98 bits per heavy atom. The number of rotatable bonds is 5. The number of benzene rings is 6. The molecule has 1 unspecified atom stereocenters. The summed E-state index contributed by atoms with van der Waals surface area (Å²) >= 11 is 0. The van der Waals surface area contributed by atoms with Gasteiger partial charge in [-0.15, -0.1) is 0 Å². The molecule has 0 amide bonds. The van der Waals surface area contributed by atoms with Crippen LogP contribution in [0.1, 0.15) is 22.9 Å². The van der Waals surface area contributed by atoms with E-state index in [9.17, 15) is 0 Å². The van der Waals surface area contributed by atoms with Gasteiger partial charge in [0.2, 0.25) is 0 Å². The van der Waals surface area contributed by atoms with E-state index in [-0.39, 0.29) is 6.17 Å². The number of hydrogen-bond donors (Lipinski definition) is 1. The third kappa shape index (κ3) is 4.77. The predicted octanol–water partition coefficient (Wildman–Crippen LogP) is 9.96. The molecule has 0 aliphatic carbocycles. The summed E-state index contributed by atoms with van der Waals surface area (Å²) in [6.45, 7) is 0. The van der Waals surface area contributed by atoms with Crippen LogP contribution in [0.15, 0.2) is 172 Å². The van der Waals surface area contributed by atoms with Crippen molar-refractivity contribution in [3.05, 3.63) is 175 Å². The molecule has 0 spiro atoms. The SMILES string of the molecule is c1ccc(C2=NC(c3ccccc3)NC(c3ccc(-c4ccc(-c5cccc6oc7ccncc7c56)cc4)c4ccccc34)=N2)cc1. The number of pyridine rings is 1. The fourth-order valence-electron chi connectivity index (χ4n) is 6.61. The first-order valence-electron chi connectivity index (χ1n) is 15.7. The smallest absolute Gasteiger partial charge is 0.159 e. The van der Waals surface area contributed by atoms with Crippen molar-refractivity contribution in [3.63, 3.8) is 0 Å². The first-order chi connectivity index (χ1) is 23.3. The Bertz CT molecular complexity index is 2480. The van der Waals surface area contributed by atoms with E-state index in [1.165, 1.54) is 5.56 Å². The van der Waals surface area contributed by atoms with E-state index in [1.54, 1.807) is 6.20 Å². The van der Waals surface area contributed by atoms with Gasteiger partial charge in [-0.05, 0) is 50.7 Å². The molecule has 5 heteroatoms. The second kappa shape index (κ2) is 11.2. The summed E-state index contributed by atoms with van der Waals surface area (Å²) in [6, 6.07) is 50.4. The number of hydrogen-bond acceptors (Lipinski definition) is 5. The molecule has 1 aliphatic heterocycles. The maximum atomic E-state index is 6.12. The summed E-state index contributed by atoms with van der Waals surface area (Å²) in [7, 11) is 0. The van der Waals surface area contributed by atoms with E-state index in [1.807, 2.05) is 60.8 Å². The molecule has 2 aromatic heterocycles. The minimum atomic E-state index is -0.252. The summed E-state index contributed by atoms with van der Waals surface area (Å²) in [6.07, 6.45) is 3.40. The largest absolute Gasteiger partial charge is 0.456 e. The third-order valence-electron chi connectivity index (χ3n) is 8.87. The summed E-state index contributed by atoms with van der Waals surface area (Å²) in [4.78, 5) is 14.5. The molecule has 9 rings (SSSR count). The molecule has 0 fully saturated rings. The standard InChI is InChI=1S/C42H28N4O/c1-3-10-29(11-4-1)40-44-41(30-12-5-2-6-13-30)46-42(45-40)35-23-22-31(33-14-7-8-15-34(33)35)27-18-20-28(21-19-27)32-16-9-17-38-39(32)36-26-43-25-24-37(36)47-38/h1-26,40H,(H,44,45,46). The average Bonchev–Trinajstić information content (AvgIpc) is 3.54. The number of nitrogens with one attached hydrogen (secondary N) is 1. The van der Waals surface area contributed by atoms with Crippen molar-refractivity contribution in [2.75, 3.05) is 0 Å². The van der Waals surface area contributed by atoms with Crippen LogP contribution in [0.25, 0.3) is 55.0 Å². The van der Waals surface area contributed by atoms with Gasteiger partial charge in [0.25, 0.3) is 0 Å². The van der Waals surface area contributed by atoms with Gasteiger partial charge < -0.3 is 9.73 Å². The Labute approximate surface area is 271 Å². The van der Waals surface area contributed by atoms with Crippen molar-refractivity contribution in [2.45, 2.75) is 6.17 Å². The highest BCUT2D eigenvalue weighted by Gasteiger charge is 2.23. The van der Waals surface area contributed by atoms with E-state index in [0.717, 1.165) is 71.9 Å². The van der Waals surface area contributed by atoms with Gasteiger partial charge in [0.05, 0.1) is 0 Å². The number of aliphatic imine (C=N–C) groups is 2. The van der Waals surface area contributed by atoms with Gasteiger partial charge in [-0.1, -0.05) is 133 Å². The van der Waals surface area contributed by atoms with Crippen molar-refractivity contribution in [1.82, 2.24) is 10.3 Å². The van der Waals surface area contributed by atoms with E-state index >= 15 is 0 Å². The normalized spacial score (nSPS) is 14.6. The van der Waals surface area contributed by atoms with Crippen LogP contribution in [0.3, 0.4) is 0 Å². The fraction of sp³-hybridized carbons (Fsp3) is 0.0238. The van der Waals surface area contributed by atoms with Crippen molar-refractivity contribution in [3.8, 4) is 22.3 Å². The first kappa shape index (κ1) is 27.0. The first-order valence-corrected chi connectivity index (χ1v) is 15.7. The Morgan fingerprint density at radius 2 is 1.19 bits per heavy atom. The number of furan rings is 1. The van der Waals surface area contributed by atoms with Crippen LogP contribution in [0.4, 0.5) is 0 Å². The van der Waals surface area contributed by atoms with E-state index in [2.05, 4.69) is 101 Å². The Hall–Kier alpha value is -6.33. The van der Waals surface area contributed by atoms with Crippen molar-refractivity contribution < 1.29 is 4.42 Å². The molecule has 3 heterocycles. The molecule has 0 saturated heterocycles. The van der Waals surface area contributed by atoms with Gasteiger partial charge >= 0.3 is 0 Å². The zero-order valence-electron chi connectivity index (χ0n) is 25.3. The molecule has 0 bridgehead atoms. The molecule has 5 nitrogen and oxygen atoms in total. The second-order valence-corrected chi connectivity index (χ2v) is 11.7. The van der Waals surface area contributed by atoms with Gasteiger partial charge in [-0.2, -0.15) is 0 Å². The van der Waals surface area contributed by atoms with Crippen molar-refractivity contribution >= 4 is 44.4 Å². The minimum absolute atomic E-state index is 0.252. The predicted molar refractivity (Wildman–Crippen MR) is 192 cm³/mol. The van der Waals surface area contributed by atoms with Crippen molar-refractivity contribution in [1.29, 1.82) is 0 Å². The topological polar surface area (TPSA) is 62.8 Å². The summed E-state index contributed by atoms with van der Waals surface area (Å²) in [5, 5.41) is 8.04. The maximum absolute atomic E-state index is 6.12. The van der Waals surface area contributed by atoms with E-state index in [0.29, 0.717) is 5.84 Å². The molecule has 6 aromatic carbocycles. The maximum Gasteiger partial charge on any atom is 0.159 e. The van der Waals surface area contributed by atoms with Crippen LogP contribution in [0.2, 0.25) is 0 Å². The number of fused-ring (bicyclic) bond motifs is 4. The average molecular weight is 605 g/mol. The highest BCUT2D eigenvalue weighted by molar-refractivity contribution is 6.19. The molecular formula is C42H28N4O. The fourth-order valence-corrected chi connectivity index (χ4v) is 6.61. The van der Waals surface area contributed by atoms with E-state index < -0.39 is 0 Å². The minimum Gasteiger partial charge on any atom is -0.456 e. The Morgan fingerprint density at radius 1 is 0.511 bits per heavy atom. The van der Waals surface area contributed by atoms with Gasteiger partial charge in [-0.25, -0.2) is 9.98 Å². The number of amidine groups is 2. The molecule has 1 N–H and O–H groups in total. The Kier molecular flexibility index (Phi) is 6.46. The second-order valence-electron chi connectivity index (χ2n) is 11.7. The molecule has 47 heavy (non-hydrogen) atoms. The van der Waals surface area contributed by atoms with Crippen LogP contribution >= 0.6 is 0 Å². The summed E-state index contributed by atoms with van der Waals surface area (Å²) in [5.74, 6) is 1.52. The Balaban J connectivity index is 1.12. The van der Waals surface area contributed by atoms with E-state index in [4.69, 9.17) is 14.4 Å². The highest BCUT2D eigenvalue weighted by Crippen LogP contribution is 2.38. The quantitative estimate of drug-likeness (QED) is 0.213. The van der Waals surface area contributed by atoms with Gasteiger partial charge in [0.1, 0.15) is 23.2 Å². The monoisotopic (exact) mass is 604 g/mol. The lowest BCUT2D eigenvalue weighted by Gasteiger charge is -2.24.